The van der Waals surface area contributed by atoms with Crippen LogP contribution in [0.3, 0.4) is 0 Å². The number of hydrogen-bond acceptors (Lipinski definition) is 3. The zero-order chi connectivity index (χ0) is 15.9. The monoisotopic (exact) mass is 305 g/mol. The molecule has 0 saturated heterocycles. The first kappa shape index (κ1) is 17.9. The Hall–Kier alpha value is -1.15. The summed E-state index contributed by atoms with van der Waals surface area (Å²) in [6.45, 7) is 12.0. The number of rotatable bonds is 7. The minimum Gasteiger partial charge on any atom is -0.401 e. The molecule has 1 rings (SSSR count). The predicted octanol–water partition coefficient (Wildman–Crippen LogP) is 4.51. The standard InChI is InChI=1S/C17H27NO2Si/c1-17(2,3)21(4,5)20-16(13-18)11-12-19-14-15-9-7-6-8-10-15/h6-10,16H,11-12,14H2,1-5H3. The number of benzene rings is 1. The highest BCUT2D eigenvalue weighted by Crippen LogP contribution is 2.37. The fourth-order valence-electron chi connectivity index (χ4n) is 1.64. The zero-order valence-corrected chi connectivity index (χ0v) is 14.8. The van der Waals surface area contributed by atoms with E-state index in [0.717, 1.165) is 5.56 Å². The van der Waals surface area contributed by atoms with E-state index in [1.54, 1.807) is 0 Å². The third kappa shape index (κ3) is 6.00. The lowest BCUT2D eigenvalue weighted by atomic mass is 10.2. The van der Waals surface area contributed by atoms with E-state index in [4.69, 9.17) is 9.16 Å². The maximum atomic E-state index is 9.26. The molecule has 116 valence electrons. The topological polar surface area (TPSA) is 42.2 Å². The summed E-state index contributed by atoms with van der Waals surface area (Å²) in [5, 5.41) is 9.38. The quantitative estimate of drug-likeness (QED) is 0.550. The average Bonchev–Trinajstić information content (AvgIpc) is 2.42. The summed E-state index contributed by atoms with van der Waals surface area (Å²) in [7, 11) is -1.89. The molecule has 0 radical (unpaired) electrons. The minimum absolute atomic E-state index is 0.118. The molecule has 3 nitrogen and oxygen atoms in total. The van der Waals surface area contributed by atoms with E-state index in [1.165, 1.54) is 0 Å². The lowest BCUT2D eigenvalue weighted by molar-refractivity contribution is 0.0924. The zero-order valence-electron chi connectivity index (χ0n) is 13.8. The molecule has 4 heteroatoms. The van der Waals surface area contributed by atoms with Crippen LogP contribution in [-0.2, 0) is 15.8 Å². The normalized spacial score (nSPS) is 13.7. The second kappa shape index (κ2) is 7.74. The highest BCUT2D eigenvalue weighted by molar-refractivity contribution is 6.74. The van der Waals surface area contributed by atoms with Gasteiger partial charge in [0.2, 0.25) is 0 Å². The maximum absolute atomic E-state index is 9.26. The van der Waals surface area contributed by atoms with Crippen molar-refractivity contribution in [3.63, 3.8) is 0 Å². The first-order chi connectivity index (χ1) is 9.76. The van der Waals surface area contributed by atoms with Gasteiger partial charge in [0.1, 0.15) is 6.10 Å². The van der Waals surface area contributed by atoms with Crippen LogP contribution in [0.5, 0.6) is 0 Å². The van der Waals surface area contributed by atoms with Crippen LogP contribution in [0.15, 0.2) is 30.3 Å². The highest BCUT2D eigenvalue weighted by atomic mass is 28.4. The molecule has 1 aromatic carbocycles. The number of nitrogens with zero attached hydrogens (tertiary/aromatic N) is 1. The second-order valence-electron chi connectivity index (χ2n) is 6.82. The van der Waals surface area contributed by atoms with Crippen molar-refractivity contribution in [2.45, 2.75) is 58.0 Å². The lowest BCUT2D eigenvalue weighted by Crippen LogP contribution is -2.43. The van der Waals surface area contributed by atoms with Crippen LogP contribution >= 0.6 is 0 Å². The molecule has 0 bridgehead atoms. The third-order valence-electron chi connectivity index (χ3n) is 4.02. The molecule has 0 amide bonds. The predicted molar refractivity (Wildman–Crippen MR) is 88.4 cm³/mol. The molecule has 1 aromatic rings. The second-order valence-corrected chi connectivity index (χ2v) is 11.6. The van der Waals surface area contributed by atoms with E-state index in [1.807, 2.05) is 30.3 Å². The fraction of sp³-hybridized carbons (Fsp3) is 0.588. The van der Waals surface area contributed by atoms with E-state index in [9.17, 15) is 5.26 Å². The number of nitriles is 1. The lowest BCUT2D eigenvalue weighted by Gasteiger charge is -2.37. The largest absolute Gasteiger partial charge is 0.401 e. The molecule has 1 unspecified atom stereocenters. The summed E-state index contributed by atoms with van der Waals surface area (Å²) < 4.78 is 11.7. The van der Waals surface area contributed by atoms with Crippen LogP contribution in [0.4, 0.5) is 0 Å². The van der Waals surface area contributed by atoms with Crippen molar-refractivity contribution < 1.29 is 9.16 Å². The number of hydrogen-bond donors (Lipinski definition) is 0. The minimum atomic E-state index is -1.89. The Kier molecular flexibility index (Phi) is 6.60. The maximum Gasteiger partial charge on any atom is 0.193 e. The van der Waals surface area contributed by atoms with Crippen molar-refractivity contribution in [2.75, 3.05) is 6.61 Å². The van der Waals surface area contributed by atoms with Crippen molar-refractivity contribution in [1.29, 1.82) is 5.26 Å². The van der Waals surface area contributed by atoms with E-state index in [-0.39, 0.29) is 11.1 Å². The van der Waals surface area contributed by atoms with Gasteiger partial charge in [-0.25, -0.2) is 0 Å². The van der Waals surface area contributed by atoms with Gasteiger partial charge in [0.05, 0.1) is 19.3 Å². The average molecular weight is 305 g/mol. The van der Waals surface area contributed by atoms with E-state index in [2.05, 4.69) is 39.9 Å². The molecule has 0 aliphatic rings. The van der Waals surface area contributed by atoms with Gasteiger partial charge in [-0.05, 0) is 23.7 Å². The van der Waals surface area contributed by atoms with E-state index in [0.29, 0.717) is 19.6 Å². The summed E-state index contributed by atoms with van der Waals surface area (Å²) in [6, 6.07) is 12.3. The first-order valence-electron chi connectivity index (χ1n) is 7.45. The van der Waals surface area contributed by atoms with Gasteiger partial charge in [0.15, 0.2) is 8.32 Å². The summed E-state index contributed by atoms with van der Waals surface area (Å²) in [6.07, 6.45) is 0.247. The Morgan fingerprint density at radius 3 is 2.33 bits per heavy atom. The van der Waals surface area contributed by atoms with Gasteiger partial charge < -0.3 is 9.16 Å². The van der Waals surface area contributed by atoms with Gasteiger partial charge in [0, 0.05) is 6.42 Å². The van der Waals surface area contributed by atoms with Gasteiger partial charge in [-0.3, -0.25) is 0 Å². The molecule has 0 saturated carbocycles. The van der Waals surface area contributed by atoms with Crippen molar-refractivity contribution in [1.82, 2.24) is 0 Å². The Labute approximate surface area is 130 Å². The summed E-state index contributed by atoms with van der Waals surface area (Å²) >= 11 is 0. The molecule has 21 heavy (non-hydrogen) atoms. The molecule has 0 aliphatic carbocycles. The van der Waals surface area contributed by atoms with Gasteiger partial charge in [-0.2, -0.15) is 5.26 Å². The first-order valence-corrected chi connectivity index (χ1v) is 10.4. The molecule has 0 N–H and O–H groups in total. The van der Waals surface area contributed by atoms with Crippen molar-refractivity contribution >= 4 is 8.32 Å². The molecule has 0 heterocycles. The SMILES string of the molecule is CC(C)(C)[Si](C)(C)OC(C#N)CCOCc1ccccc1. The highest BCUT2D eigenvalue weighted by Gasteiger charge is 2.39. The van der Waals surface area contributed by atoms with Crippen molar-refractivity contribution in [2.24, 2.45) is 0 Å². The molecule has 1 atom stereocenters. The van der Waals surface area contributed by atoms with Crippen LogP contribution in [0.25, 0.3) is 0 Å². The van der Waals surface area contributed by atoms with Crippen LogP contribution in [0, 0.1) is 11.3 Å². The van der Waals surface area contributed by atoms with Gasteiger partial charge in [-0.1, -0.05) is 51.1 Å². The fourth-order valence-corrected chi connectivity index (χ4v) is 2.87. The molecular formula is C17H27NO2Si. The summed E-state index contributed by atoms with van der Waals surface area (Å²) in [4.78, 5) is 0. The van der Waals surface area contributed by atoms with Gasteiger partial charge in [0.25, 0.3) is 0 Å². The number of ether oxygens (including phenoxy) is 1. The molecule has 0 spiro atoms. The van der Waals surface area contributed by atoms with Crippen LogP contribution in [0.1, 0.15) is 32.8 Å². The molecule has 0 fully saturated rings. The van der Waals surface area contributed by atoms with Crippen LogP contribution in [0.2, 0.25) is 18.1 Å². The molecular weight excluding hydrogens is 278 g/mol. The van der Waals surface area contributed by atoms with Gasteiger partial charge >= 0.3 is 0 Å². The molecule has 0 aromatic heterocycles. The third-order valence-corrected chi connectivity index (χ3v) is 8.51. The Morgan fingerprint density at radius 2 is 1.81 bits per heavy atom. The molecule has 0 aliphatic heterocycles. The Bertz CT molecular complexity index is 460. The Morgan fingerprint density at radius 1 is 1.19 bits per heavy atom. The van der Waals surface area contributed by atoms with Crippen LogP contribution < -0.4 is 0 Å². The van der Waals surface area contributed by atoms with Crippen molar-refractivity contribution in [3.05, 3.63) is 35.9 Å². The Balaban J connectivity index is 2.37. The van der Waals surface area contributed by atoms with E-state index >= 15 is 0 Å². The van der Waals surface area contributed by atoms with Gasteiger partial charge in [-0.15, -0.1) is 0 Å². The van der Waals surface area contributed by atoms with Crippen LogP contribution in [-0.4, -0.2) is 21.0 Å². The van der Waals surface area contributed by atoms with E-state index < -0.39 is 8.32 Å². The summed E-state index contributed by atoms with van der Waals surface area (Å²) in [5.41, 5.74) is 1.15. The summed E-state index contributed by atoms with van der Waals surface area (Å²) in [5.74, 6) is 0. The smallest absolute Gasteiger partial charge is 0.193 e. The van der Waals surface area contributed by atoms with Crippen molar-refractivity contribution in [3.8, 4) is 6.07 Å².